The molecule has 0 atom stereocenters. The molecule has 0 fully saturated rings. The van der Waals surface area contributed by atoms with Crippen molar-refractivity contribution in [2.45, 2.75) is 0 Å². The number of halogens is 2. The second-order valence-corrected chi connectivity index (χ2v) is 4.32. The molecule has 19 heavy (non-hydrogen) atoms. The van der Waals surface area contributed by atoms with Crippen LogP contribution in [0.3, 0.4) is 0 Å². The van der Waals surface area contributed by atoms with Crippen LogP contribution >= 0.6 is 23.2 Å². The van der Waals surface area contributed by atoms with E-state index in [0.717, 1.165) is 0 Å². The van der Waals surface area contributed by atoms with E-state index in [2.05, 4.69) is 20.2 Å². The molecular weight excluding hydrogens is 291 g/mol. The Morgan fingerprint density at radius 1 is 1.21 bits per heavy atom. The first-order valence-electron chi connectivity index (χ1n) is 4.99. The van der Waals surface area contributed by atoms with Crippen molar-refractivity contribution in [2.24, 2.45) is 10.2 Å². The molecular formula is C10H8Cl2N6O. The van der Waals surface area contributed by atoms with Crippen LogP contribution in [0.4, 0.5) is 23.1 Å². The van der Waals surface area contributed by atoms with Gasteiger partial charge in [0.05, 0.1) is 5.02 Å². The molecule has 2 rings (SSSR count). The number of aromatic nitrogens is 2. The van der Waals surface area contributed by atoms with E-state index in [9.17, 15) is 4.79 Å². The molecule has 0 spiro atoms. The molecule has 9 heteroatoms. The van der Waals surface area contributed by atoms with E-state index in [0.29, 0.717) is 15.7 Å². The highest BCUT2D eigenvalue weighted by molar-refractivity contribution is 6.36. The van der Waals surface area contributed by atoms with Gasteiger partial charge in [0.2, 0.25) is 5.95 Å². The molecule has 1 heterocycles. The zero-order valence-corrected chi connectivity index (χ0v) is 10.9. The molecule has 0 saturated carbocycles. The smallest absolute Gasteiger partial charge is 0.282 e. The fourth-order valence-corrected chi connectivity index (χ4v) is 1.71. The lowest BCUT2D eigenvalue weighted by Gasteiger charge is -1.99. The molecule has 0 bridgehead atoms. The third-order valence-electron chi connectivity index (χ3n) is 2.11. The van der Waals surface area contributed by atoms with Crippen LogP contribution in [0, 0.1) is 0 Å². The SMILES string of the molecule is Nc1nc(N)c(N=Nc2ccc(Cl)cc2Cl)c(=O)[nH]1. The first kappa shape index (κ1) is 13.3. The van der Waals surface area contributed by atoms with E-state index in [-0.39, 0.29) is 17.5 Å². The summed E-state index contributed by atoms with van der Waals surface area (Å²) >= 11 is 11.7. The van der Waals surface area contributed by atoms with Crippen LogP contribution in [0.2, 0.25) is 10.0 Å². The van der Waals surface area contributed by atoms with Gasteiger partial charge in [-0.25, -0.2) is 0 Å². The summed E-state index contributed by atoms with van der Waals surface area (Å²) in [6.45, 7) is 0. The van der Waals surface area contributed by atoms with Gasteiger partial charge in [0.25, 0.3) is 5.56 Å². The van der Waals surface area contributed by atoms with Crippen LogP contribution < -0.4 is 17.0 Å². The first-order valence-corrected chi connectivity index (χ1v) is 5.75. The number of H-pyrrole nitrogens is 1. The number of aromatic amines is 1. The number of nitrogens with zero attached hydrogens (tertiary/aromatic N) is 3. The minimum Gasteiger partial charge on any atom is -0.382 e. The molecule has 0 aliphatic heterocycles. The van der Waals surface area contributed by atoms with E-state index < -0.39 is 5.56 Å². The number of benzene rings is 1. The molecule has 1 aromatic carbocycles. The summed E-state index contributed by atoms with van der Waals surface area (Å²) in [5, 5.41) is 8.31. The second kappa shape index (κ2) is 5.25. The van der Waals surface area contributed by atoms with Crippen LogP contribution in [0.5, 0.6) is 0 Å². The van der Waals surface area contributed by atoms with E-state index in [1.54, 1.807) is 12.1 Å². The Hall–Kier alpha value is -2.12. The first-order chi connectivity index (χ1) is 8.97. The van der Waals surface area contributed by atoms with Crippen molar-refractivity contribution in [2.75, 3.05) is 11.5 Å². The number of hydrogen-bond donors (Lipinski definition) is 3. The summed E-state index contributed by atoms with van der Waals surface area (Å²) in [7, 11) is 0. The van der Waals surface area contributed by atoms with E-state index in [1.165, 1.54) is 6.07 Å². The van der Waals surface area contributed by atoms with Crippen LogP contribution in [0.15, 0.2) is 33.2 Å². The highest BCUT2D eigenvalue weighted by Crippen LogP contribution is 2.29. The molecule has 0 saturated heterocycles. The molecule has 2 aromatic rings. The number of azo groups is 1. The Balaban J connectivity index is 2.41. The number of anilines is 2. The van der Waals surface area contributed by atoms with Gasteiger partial charge in [0.1, 0.15) is 5.69 Å². The van der Waals surface area contributed by atoms with Gasteiger partial charge in [-0.15, -0.1) is 10.2 Å². The van der Waals surface area contributed by atoms with Gasteiger partial charge in [0, 0.05) is 5.02 Å². The molecule has 5 N–H and O–H groups in total. The van der Waals surface area contributed by atoms with Crippen molar-refractivity contribution in [3.63, 3.8) is 0 Å². The van der Waals surface area contributed by atoms with E-state index in [1.807, 2.05) is 0 Å². The van der Waals surface area contributed by atoms with Crippen LogP contribution in [0.25, 0.3) is 0 Å². The van der Waals surface area contributed by atoms with Crippen molar-refractivity contribution in [1.82, 2.24) is 9.97 Å². The summed E-state index contributed by atoms with van der Waals surface area (Å²) in [6, 6.07) is 4.66. The van der Waals surface area contributed by atoms with Gasteiger partial charge >= 0.3 is 0 Å². The van der Waals surface area contributed by atoms with Crippen molar-refractivity contribution in [1.29, 1.82) is 0 Å². The zero-order valence-electron chi connectivity index (χ0n) is 9.39. The lowest BCUT2D eigenvalue weighted by Crippen LogP contribution is -2.12. The van der Waals surface area contributed by atoms with Crippen LogP contribution in [0.1, 0.15) is 0 Å². The fraction of sp³-hybridized carbons (Fsp3) is 0. The number of nitrogen functional groups attached to an aromatic ring is 2. The third kappa shape index (κ3) is 3.01. The molecule has 0 amide bonds. The summed E-state index contributed by atoms with van der Waals surface area (Å²) in [4.78, 5) is 17.5. The van der Waals surface area contributed by atoms with Gasteiger partial charge in [-0.1, -0.05) is 23.2 Å². The highest BCUT2D eigenvalue weighted by atomic mass is 35.5. The normalized spacial score (nSPS) is 11.1. The summed E-state index contributed by atoms with van der Waals surface area (Å²) < 4.78 is 0. The Kier molecular flexibility index (Phi) is 3.68. The van der Waals surface area contributed by atoms with Gasteiger partial charge in [-0.3, -0.25) is 9.78 Å². The number of hydrogen-bond acceptors (Lipinski definition) is 6. The van der Waals surface area contributed by atoms with Crippen LogP contribution in [-0.2, 0) is 0 Å². The van der Waals surface area contributed by atoms with Gasteiger partial charge < -0.3 is 11.5 Å². The number of rotatable bonds is 2. The molecule has 98 valence electrons. The number of nitrogens with one attached hydrogen (secondary N) is 1. The zero-order chi connectivity index (χ0) is 14.0. The maximum absolute atomic E-state index is 11.6. The monoisotopic (exact) mass is 298 g/mol. The van der Waals surface area contributed by atoms with Gasteiger partial charge in [-0.05, 0) is 18.2 Å². The van der Waals surface area contributed by atoms with Crippen molar-refractivity contribution < 1.29 is 0 Å². The van der Waals surface area contributed by atoms with E-state index >= 15 is 0 Å². The van der Waals surface area contributed by atoms with Crippen molar-refractivity contribution >= 4 is 46.3 Å². The molecule has 0 radical (unpaired) electrons. The highest BCUT2D eigenvalue weighted by Gasteiger charge is 2.07. The molecule has 7 nitrogen and oxygen atoms in total. The maximum atomic E-state index is 11.6. The summed E-state index contributed by atoms with van der Waals surface area (Å²) in [5.74, 6) is -0.207. The Morgan fingerprint density at radius 3 is 2.58 bits per heavy atom. The lowest BCUT2D eigenvalue weighted by molar-refractivity contribution is 1.10. The lowest BCUT2D eigenvalue weighted by atomic mass is 10.3. The molecule has 0 aliphatic rings. The summed E-state index contributed by atoms with van der Waals surface area (Å²) in [6.07, 6.45) is 0. The van der Waals surface area contributed by atoms with Crippen LogP contribution in [-0.4, -0.2) is 9.97 Å². The minimum atomic E-state index is -0.584. The fourth-order valence-electron chi connectivity index (χ4n) is 1.27. The standard InChI is InChI=1S/C10H8Cl2N6O/c11-4-1-2-6(5(12)3-4)17-18-7-8(13)15-10(14)16-9(7)19/h1-3H,(H5,13,14,15,16,19). The predicted molar refractivity (Wildman–Crippen MR) is 74.3 cm³/mol. The third-order valence-corrected chi connectivity index (χ3v) is 2.65. The number of nitrogens with two attached hydrogens (primary N) is 2. The van der Waals surface area contributed by atoms with Gasteiger partial charge in [0.15, 0.2) is 11.5 Å². The molecule has 0 unspecified atom stereocenters. The van der Waals surface area contributed by atoms with Crippen molar-refractivity contribution in [3.8, 4) is 0 Å². The summed E-state index contributed by atoms with van der Waals surface area (Å²) in [5.41, 5.74) is 10.5. The average molecular weight is 299 g/mol. The van der Waals surface area contributed by atoms with Crippen molar-refractivity contribution in [3.05, 3.63) is 38.6 Å². The second-order valence-electron chi connectivity index (χ2n) is 3.48. The molecule has 1 aromatic heterocycles. The van der Waals surface area contributed by atoms with E-state index in [4.69, 9.17) is 34.7 Å². The topological polar surface area (TPSA) is 123 Å². The molecule has 0 aliphatic carbocycles. The maximum Gasteiger partial charge on any atom is 0.282 e. The average Bonchev–Trinajstić information content (AvgIpc) is 2.30. The Bertz CT molecular complexity index is 712. The Labute approximate surface area is 117 Å². The minimum absolute atomic E-state index is 0.0917. The Morgan fingerprint density at radius 2 is 1.95 bits per heavy atom. The van der Waals surface area contributed by atoms with Gasteiger partial charge in [-0.2, -0.15) is 4.98 Å². The predicted octanol–water partition coefficient (Wildman–Crippen LogP) is 2.66. The largest absolute Gasteiger partial charge is 0.382 e. The quantitative estimate of drug-likeness (QED) is 0.737.